The third-order valence-electron chi connectivity index (χ3n) is 7.94. The van der Waals surface area contributed by atoms with Crippen LogP contribution in [0.25, 0.3) is 0 Å². The second kappa shape index (κ2) is 15.3. The van der Waals surface area contributed by atoms with Crippen LogP contribution in [0.5, 0.6) is 0 Å². The van der Waals surface area contributed by atoms with Crippen molar-refractivity contribution in [2.75, 3.05) is 0 Å². The fraction of sp³-hybridized carbons (Fsp3) is 0.333. The molecule has 47 heavy (non-hydrogen) atoms. The first-order valence-corrected chi connectivity index (χ1v) is 15.5. The lowest BCUT2D eigenvalue weighted by Crippen LogP contribution is -2.57. The van der Waals surface area contributed by atoms with Gasteiger partial charge in [0.1, 0.15) is 30.8 Å². The van der Waals surface area contributed by atoms with Gasteiger partial charge in [-0.15, -0.1) is 0 Å². The van der Waals surface area contributed by atoms with Crippen molar-refractivity contribution in [3.63, 3.8) is 0 Å². The van der Waals surface area contributed by atoms with Crippen molar-refractivity contribution in [2.45, 2.75) is 71.8 Å². The molecule has 3 N–H and O–H groups in total. The first kappa shape index (κ1) is 34.6. The van der Waals surface area contributed by atoms with E-state index in [-0.39, 0.29) is 30.1 Å². The number of benzene rings is 3. The number of carbonyl (C=O) groups excluding carboxylic acids is 6. The number of carbonyl (C=O) groups is 6. The Kier molecular flexibility index (Phi) is 11.3. The highest BCUT2D eigenvalue weighted by Crippen LogP contribution is 2.26. The Morgan fingerprint density at radius 1 is 0.660 bits per heavy atom. The van der Waals surface area contributed by atoms with Gasteiger partial charge in [0, 0.05) is 6.42 Å². The van der Waals surface area contributed by atoms with Gasteiger partial charge in [0.25, 0.3) is 11.8 Å². The molecule has 4 rings (SSSR count). The molecule has 4 atom stereocenters. The Labute approximate surface area is 274 Å². The number of imide groups is 1. The summed E-state index contributed by atoms with van der Waals surface area (Å²) in [5, 5.41) is 7.81. The lowest BCUT2D eigenvalue weighted by Gasteiger charge is -2.27. The molecule has 0 saturated carbocycles. The Morgan fingerprint density at radius 2 is 1.17 bits per heavy atom. The van der Waals surface area contributed by atoms with Crippen molar-refractivity contribution in [3.05, 3.63) is 107 Å². The number of nitrogens with zero attached hydrogens (tertiary/aromatic N) is 1. The standard InChI is InChI=1S/C36H40N4O7/c1-21(2)30(36(46)47-20-26-11-7-6-8-12-26)39-32(42)24(5)37-31(41)23(4)38-33(43)29(19-25-17-15-22(3)16-18-25)40-34(44)27-13-9-10-14-28(27)35(40)45/h6-18,21,23-24,29-30H,19-20H2,1-5H3,(H,37,41)(H,38,43)(H,39,42)/t23-,24-,29?,30-/m0/s1. The van der Waals surface area contributed by atoms with Gasteiger partial charge in [-0.05, 0) is 49.9 Å². The third kappa shape index (κ3) is 8.49. The molecule has 5 amide bonds. The average molecular weight is 641 g/mol. The van der Waals surface area contributed by atoms with Gasteiger partial charge in [-0.2, -0.15) is 0 Å². The van der Waals surface area contributed by atoms with Gasteiger partial charge in [-0.3, -0.25) is 28.9 Å². The fourth-order valence-electron chi connectivity index (χ4n) is 5.11. The van der Waals surface area contributed by atoms with E-state index in [9.17, 15) is 28.8 Å². The molecular weight excluding hydrogens is 600 g/mol. The highest BCUT2D eigenvalue weighted by Gasteiger charge is 2.43. The lowest BCUT2D eigenvalue weighted by molar-refractivity contribution is -0.150. The molecule has 1 unspecified atom stereocenters. The molecule has 11 heteroatoms. The smallest absolute Gasteiger partial charge is 0.329 e. The van der Waals surface area contributed by atoms with Crippen molar-refractivity contribution < 1.29 is 33.5 Å². The minimum absolute atomic E-state index is 0.0295. The van der Waals surface area contributed by atoms with Crippen LogP contribution in [0.2, 0.25) is 0 Å². The summed E-state index contributed by atoms with van der Waals surface area (Å²) in [4.78, 5) is 80.1. The van der Waals surface area contributed by atoms with Gasteiger partial charge < -0.3 is 20.7 Å². The fourth-order valence-corrected chi connectivity index (χ4v) is 5.11. The number of esters is 1. The SMILES string of the molecule is Cc1ccc(CC(C(=O)N[C@@H](C)C(=O)N[C@@H](C)C(=O)N[C@H](C(=O)OCc2ccccc2)C(C)C)N2C(=O)c3ccccc3C2=O)cc1. The predicted octanol–water partition coefficient (Wildman–Crippen LogP) is 3.10. The van der Waals surface area contributed by atoms with E-state index in [4.69, 9.17) is 4.74 Å². The number of ether oxygens (including phenoxy) is 1. The quantitative estimate of drug-likeness (QED) is 0.192. The average Bonchev–Trinajstić information content (AvgIpc) is 3.31. The van der Waals surface area contributed by atoms with E-state index in [1.54, 1.807) is 26.0 Å². The molecule has 3 aromatic carbocycles. The zero-order valence-electron chi connectivity index (χ0n) is 27.1. The number of rotatable bonds is 13. The largest absolute Gasteiger partial charge is 0.459 e. The van der Waals surface area contributed by atoms with Crippen LogP contribution >= 0.6 is 0 Å². The van der Waals surface area contributed by atoms with Gasteiger partial charge >= 0.3 is 5.97 Å². The van der Waals surface area contributed by atoms with Gasteiger partial charge in [0.05, 0.1) is 11.1 Å². The summed E-state index contributed by atoms with van der Waals surface area (Å²) in [6.07, 6.45) is 0.0295. The maximum Gasteiger partial charge on any atom is 0.329 e. The molecular formula is C36H40N4O7. The van der Waals surface area contributed by atoms with Gasteiger partial charge in [-0.1, -0.05) is 86.1 Å². The monoisotopic (exact) mass is 640 g/mol. The summed E-state index contributed by atoms with van der Waals surface area (Å²) in [5.74, 6) is -4.09. The topological polar surface area (TPSA) is 151 Å². The summed E-state index contributed by atoms with van der Waals surface area (Å²) in [6.45, 7) is 8.37. The molecule has 0 saturated heterocycles. The van der Waals surface area contributed by atoms with Crippen molar-refractivity contribution in [2.24, 2.45) is 5.92 Å². The van der Waals surface area contributed by atoms with E-state index in [1.807, 2.05) is 61.5 Å². The summed E-state index contributed by atoms with van der Waals surface area (Å²) >= 11 is 0. The Bertz CT molecular complexity index is 1600. The number of hydrogen-bond donors (Lipinski definition) is 3. The van der Waals surface area contributed by atoms with Crippen LogP contribution in [-0.2, 0) is 36.9 Å². The molecule has 1 aliphatic rings. The second-order valence-electron chi connectivity index (χ2n) is 12.0. The predicted molar refractivity (Wildman–Crippen MR) is 174 cm³/mol. The van der Waals surface area contributed by atoms with Crippen LogP contribution in [0.1, 0.15) is 65.1 Å². The van der Waals surface area contributed by atoms with Crippen LogP contribution in [-0.4, -0.2) is 64.6 Å². The molecule has 246 valence electrons. The van der Waals surface area contributed by atoms with E-state index in [0.29, 0.717) is 0 Å². The van der Waals surface area contributed by atoms with E-state index in [2.05, 4.69) is 16.0 Å². The summed E-state index contributed by atoms with van der Waals surface area (Å²) in [7, 11) is 0. The van der Waals surface area contributed by atoms with E-state index < -0.39 is 59.7 Å². The molecule has 0 fully saturated rings. The van der Waals surface area contributed by atoms with Gasteiger partial charge in [-0.25, -0.2) is 4.79 Å². The van der Waals surface area contributed by atoms with Crippen molar-refractivity contribution in [1.82, 2.24) is 20.9 Å². The van der Waals surface area contributed by atoms with Crippen molar-refractivity contribution in [1.29, 1.82) is 0 Å². The Balaban J connectivity index is 1.40. The van der Waals surface area contributed by atoms with Crippen LogP contribution in [0.4, 0.5) is 0 Å². The number of nitrogens with one attached hydrogen (secondary N) is 3. The zero-order valence-corrected chi connectivity index (χ0v) is 27.1. The highest BCUT2D eigenvalue weighted by atomic mass is 16.5. The number of fused-ring (bicyclic) bond motifs is 1. The second-order valence-corrected chi connectivity index (χ2v) is 12.0. The highest BCUT2D eigenvalue weighted by molar-refractivity contribution is 6.23. The molecule has 0 aromatic heterocycles. The lowest BCUT2D eigenvalue weighted by atomic mass is 10.0. The Morgan fingerprint density at radius 3 is 1.72 bits per heavy atom. The number of amides is 5. The molecule has 1 heterocycles. The molecule has 3 aromatic rings. The normalized spacial score (nSPS) is 14.9. The van der Waals surface area contributed by atoms with E-state index >= 15 is 0 Å². The molecule has 11 nitrogen and oxygen atoms in total. The maximum atomic E-state index is 13.7. The van der Waals surface area contributed by atoms with Crippen LogP contribution in [0, 0.1) is 12.8 Å². The van der Waals surface area contributed by atoms with Crippen LogP contribution in [0.3, 0.4) is 0 Å². The van der Waals surface area contributed by atoms with Crippen LogP contribution < -0.4 is 16.0 Å². The minimum Gasteiger partial charge on any atom is -0.459 e. The molecule has 1 aliphatic heterocycles. The third-order valence-corrected chi connectivity index (χ3v) is 7.94. The first-order chi connectivity index (χ1) is 22.4. The summed E-state index contributed by atoms with van der Waals surface area (Å²) in [6, 6.07) is 18.4. The molecule has 0 radical (unpaired) electrons. The number of aryl methyl sites for hydroxylation is 1. The molecule has 0 aliphatic carbocycles. The van der Waals surface area contributed by atoms with E-state index in [1.165, 1.54) is 26.0 Å². The molecule has 0 spiro atoms. The van der Waals surface area contributed by atoms with Crippen molar-refractivity contribution >= 4 is 35.5 Å². The van der Waals surface area contributed by atoms with Crippen LogP contribution in [0.15, 0.2) is 78.9 Å². The minimum atomic E-state index is -1.24. The summed E-state index contributed by atoms with van der Waals surface area (Å²) in [5.41, 5.74) is 2.93. The molecule has 0 bridgehead atoms. The number of hydrogen-bond acceptors (Lipinski definition) is 7. The van der Waals surface area contributed by atoms with Gasteiger partial charge in [0.2, 0.25) is 17.7 Å². The summed E-state index contributed by atoms with van der Waals surface area (Å²) < 4.78 is 5.40. The Hall–Kier alpha value is -5.32. The van der Waals surface area contributed by atoms with Crippen molar-refractivity contribution in [3.8, 4) is 0 Å². The van der Waals surface area contributed by atoms with Gasteiger partial charge in [0.15, 0.2) is 0 Å². The maximum absolute atomic E-state index is 13.7. The van der Waals surface area contributed by atoms with E-state index in [0.717, 1.165) is 21.6 Å². The first-order valence-electron chi connectivity index (χ1n) is 15.5. The zero-order chi connectivity index (χ0) is 34.2.